The van der Waals surface area contributed by atoms with Gasteiger partial charge in [0.25, 0.3) is 0 Å². The highest BCUT2D eigenvalue weighted by Crippen LogP contribution is 2.34. The average Bonchev–Trinajstić information content (AvgIpc) is 2.97. The average molecular weight is 328 g/mol. The molecule has 1 aliphatic heterocycles. The van der Waals surface area contributed by atoms with Gasteiger partial charge >= 0.3 is 0 Å². The van der Waals surface area contributed by atoms with Crippen molar-refractivity contribution >= 4 is 23.0 Å². The molecule has 0 saturated carbocycles. The maximum Gasteiger partial charge on any atom is 0.231 e. The number of ether oxygens (including phenoxy) is 2. The minimum absolute atomic E-state index is 0.129. The van der Waals surface area contributed by atoms with Gasteiger partial charge in [-0.15, -0.1) is 0 Å². The highest BCUT2D eigenvalue weighted by Gasteiger charge is 2.14. The molecule has 0 bridgehead atoms. The van der Waals surface area contributed by atoms with E-state index in [1.165, 1.54) is 16.7 Å². The number of anilines is 1. The highest BCUT2D eigenvalue weighted by atomic mass is 32.1. The Hall–Kier alpha value is -2.27. The standard InChI is InChI=1S/C18H20N2O2S/c1-11-4-5-12(2)15(8-11)13(3)19-18(23)20-14-6-7-16-17(9-14)22-10-21-16/h4-9,13H,10H2,1-3H3,(H2,19,20,23). The van der Waals surface area contributed by atoms with Crippen LogP contribution < -0.4 is 20.1 Å². The van der Waals surface area contributed by atoms with Gasteiger partial charge in [-0.05, 0) is 56.2 Å². The Morgan fingerprint density at radius 3 is 2.70 bits per heavy atom. The molecular formula is C18H20N2O2S. The van der Waals surface area contributed by atoms with E-state index in [4.69, 9.17) is 21.7 Å². The maximum atomic E-state index is 5.42. The smallest absolute Gasteiger partial charge is 0.231 e. The number of benzene rings is 2. The van der Waals surface area contributed by atoms with Gasteiger partial charge in [0.05, 0.1) is 6.04 Å². The first-order chi connectivity index (χ1) is 11.0. The summed E-state index contributed by atoms with van der Waals surface area (Å²) in [6.07, 6.45) is 0. The summed E-state index contributed by atoms with van der Waals surface area (Å²) in [5, 5.41) is 7.10. The molecule has 120 valence electrons. The Labute approximate surface area is 141 Å². The number of aryl methyl sites for hydroxylation is 2. The summed E-state index contributed by atoms with van der Waals surface area (Å²) < 4.78 is 10.7. The van der Waals surface area contributed by atoms with E-state index < -0.39 is 0 Å². The van der Waals surface area contributed by atoms with Gasteiger partial charge in [0.15, 0.2) is 16.6 Å². The van der Waals surface area contributed by atoms with Crippen LogP contribution in [0.2, 0.25) is 0 Å². The molecule has 1 atom stereocenters. The molecule has 1 heterocycles. The van der Waals surface area contributed by atoms with E-state index in [1.807, 2.05) is 18.2 Å². The van der Waals surface area contributed by atoms with Crippen molar-refractivity contribution in [2.45, 2.75) is 26.8 Å². The largest absolute Gasteiger partial charge is 0.454 e. The molecule has 0 radical (unpaired) electrons. The van der Waals surface area contributed by atoms with Crippen molar-refractivity contribution in [2.75, 3.05) is 12.1 Å². The summed E-state index contributed by atoms with van der Waals surface area (Å²) in [4.78, 5) is 0. The number of hydrogen-bond donors (Lipinski definition) is 2. The number of fused-ring (bicyclic) bond motifs is 1. The molecule has 5 heteroatoms. The van der Waals surface area contributed by atoms with E-state index in [9.17, 15) is 0 Å². The lowest BCUT2D eigenvalue weighted by Gasteiger charge is -2.19. The predicted octanol–water partition coefficient (Wildman–Crippen LogP) is 4.08. The van der Waals surface area contributed by atoms with E-state index in [1.54, 1.807) is 0 Å². The number of nitrogens with one attached hydrogen (secondary N) is 2. The van der Waals surface area contributed by atoms with E-state index in [-0.39, 0.29) is 12.8 Å². The first kappa shape index (κ1) is 15.6. The monoisotopic (exact) mass is 328 g/mol. The molecule has 0 saturated heterocycles. The minimum atomic E-state index is 0.129. The molecule has 2 aromatic rings. The van der Waals surface area contributed by atoms with Crippen molar-refractivity contribution in [1.82, 2.24) is 5.32 Å². The van der Waals surface area contributed by atoms with Crippen LogP contribution in [0.1, 0.15) is 29.7 Å². The van der Waals surface area contributed by atoms with Gasteiger partial charge in [0.1, 0.15) is 0 Å². The lowest BCUT2D eigenvalue weighted by atomic mass is 10.0. The van der Waals surface area contributed by atoms with Crippen molar-refractivity contribution in [3.05, 3.63) is 53.1 Å². The van der Waals surface area contributed by atoms with Crippen LogP contribution in [-0.2, 0) is 0 Å². The Morgan fingerprint density at radius 2 is 1.87 bits per heavy atom. The van der Waals surface area contributed by atoms with Crippen LogP contribution in [-0.4, -0.2) is 11.9 Å². The predicted molar refractivity (Wildman–Crippen MR) is 96.3 cm³/mol. The molecule has 0 aromatic heterocycles. The molecule has 1 aliphatic rings. The Bertz CT molecular complexity index is 746. The lowest BCUT2D eigenvalue weighted by Crippen LogP contribution is -2.31. The number of thiocarbonyl (C=S) groups is 1. The second-order valence-electron chi connectivity index (χ2n) is 5.75. The fraction of sp³-hybridized carbons (Fsp3) is 0.278. The Morgan fingerprint density at radius 1 is 1.09 bits per heavy atom. The van der Waals surface area contributed by atoms with Crippen molar-refractivity contribution in [2.24, 2.45) is 0 Å². The molecular weight excluding hydrogens is 308 g/mol. The topological polar surface area (TPSA) is 42.5 Å². The van der Waals surface area contributed by atoms with E-state index in [0.717, 1.165) is 17.2 Å². The van der Waals surface area contributed by atoms with E-state index in [0.29, 0.717) is 5.11 Å². The molecule has 0 spiro atoms. The van der Waals surface area contributed by atoms with Crippen LogP contribution in [0.25, 0.3) is 0 Å². The summed E-state index contributed by atoms with van der Waals surface area (Å²) in [7, 11) is 0. The Kier molecular flexibility index (Phi) is 4.39. The summed E-state index contributed by atoms with van der Waals surface area (Å²) in [5.41, 5.74) is 4.62. The molecule has 4 nitrogen and oxygen atoms in total. The SMILES string of the molecule is Cc1ccc(C)c(C(C)NC(=S)Nc2ccc3c(c2)OCO3)c1. The molecule has 0 aliphatic carbocycles. The van der Waals surface area contributed by atoms with Crippen LogP contribution >= 0.6 is 12.2 Å². The van der Waals surface area contributed by atoms with Gasteiger partial charge < -0.3 is 20.1 Å². The van der Waals surface area contributed by atoms with Gasteiger partial charge in [0, 0.05) is 11.8 Å². The molecule has 3 rings (SSSR count). The summed E-state index contributed by atoms with van der Waals surface area (Å²) >= 11 is 5.42. The number of rotatable bonds is 3. The third-order valence-corrected chi connectivity index (χ3v) is 4.10. The highest BCUT2D eigenvalue weighted by molar-refractivity contribution is 7.80. The van der Waals surface area contributed by atoms with Gasteiger partial charge in [-0.25, -0.2) is 0 Å². The van der Waals surface area contributed by atoms with E-state index in [2.05, 4.69) is 49.6 Å². The van der Waals surface area contributed by atoms with Crippen molar-refractivity contribution in [1.29, 1.82) is 0 Å². The summed E-state index contributed by atoms with van der Waals surface area (Å²) in [5.74, 6) is 1.50. The van der Waals surface area contributed by atoms with Gasteiger partial charge in [-0.2, -0.15) is 0 Å². The molecule has 2 aromatic carbocycles. The third-order valence-electron chi connectivity index (χ3n) is 3.88. The van der Waals surface area contributed by atoms with Crippen molar-refractivity contribution < 1.29 is 9.47 Å². The van der Waals surface area contributed by atoms with Crippen LogP contribution in [0.3, 0.4) is 0 Å². The molecule has 23 heavy (non-hydrogen) atoms. The quantitative estimate of drug-likeness (QED) is 0.831. The normalized spacial score (nSPS) is 13.5. The zero-order valence-corrected chi connectivity index (χ0v) is 14.3. The van der Waals surface area contributed by atoms with E-state index >= 15 is 0 Å². The first-order valence-corrected chi connectivity index (χ1v) is 7.98. The molecule has 1 unspecified atom stereocenters. The summed E-state index contributed by atoms with van der Waals surface area (Å²) in [6, 6.07) is 12.3. The maximum absolute atomic E-state index is 5.42. The molecule has 2 N–H and O–H groups in total. The van der Waals surface area contributed by atoms with Crippen molar-refractivity contribution in [3.63, 3.8) is 0 Å². The fourth-order valence-electron chi connectivity index (χ4n) is 2.64. The van der Waals surface area contributed by atoms with Crippen LogP contribution in [0, 0.1) is 13.8 Å². The minimum Gasteiger partial charge on any atom is -0.454 e. The first-order valence-electron chi connectivity index (χ1n) is 7.57. The van der Waals surface area contributed by atoms with Gasteiger partial charge in [0.2, 0.25) is 6.79 Å². The third kappa shape index (κ3) is 3.56. The van der Waals surface area contributed by atoms with Gasteiger partial charge in [-0.3, -0.25) is 0 Å². The van der Waals surface area contributed by atoms with Crippen LogP contribution in [0.5, 0.6) is 11.5 Å². The van der Waals surface area contributed by atoms with Gasteiger partial charge in [-0.1, -0.05) is 23.8 Å². The molecule has 0 fully saturated rings. The summed E-state index contributed by atoms with van der Waals surface area (Å²) in [6.45, 7) is 6.58. The Balaban J connectivity index is 1.66. The van der Waals surface area contributed by atoms with Crippen molar-refractivity contribution in [3.8, 4) is 11.5 Å². The fourth-order valence-corrected chi connectivity index (χ4v) is 2.94. The zero-order valence-electron chi connectivity index (χ0n) is 13.5. The second-order valence-corrected chi connectivity index (χ2v) is 6.16. The van der Waals surface area contributed by atoms with Crippen LogP contribution in [0.4, 0.5) is 5.69 Å². The molecule has 0 amide bonds. The zero-order chi connectivity index (χ0) is 16.4. The second kappa shape index (κ2) is 6.46. The van der Waals surface area contributed by atoms with Crippen LogP contribution in [0.15, 0.2) is 36.4 Å². The number of hydrogen-bond acceptors (Lipinski definition) is 3. The lowest BCUT2D eigenvalue weighted by molar-refractivity contribution is 0.174.